The highest BCUT2D eigenvalue weighted by molar-refractivity contribution is 7.99. The van der Waals surface area contributed by atoms with Gasteiger partial charge in [0.15, 0.2) is 0 Å². The van der Waals surface area contributed by atoms with Gasteiger partial charge in [0.05, 0.1) is 19.6 Å². The fourth-order valence-corrected chi connectivity index (χ4v) is 3.55. The Bertz CT molecular complexity index is 452. The van der Waals surface area contributed by atoms with E-state index in [1.54, 1.807) is 18.7 Å². The largest absolute Gasteiger partial charge is 0.469 e. The number of esters is 1. The lowest BCUT2D eigenvalue weighted by Crippen LogP contribution is -2.13. The van der Waals surface area contributed by atoms with E-state index < -0.39 is 6.10 Å². The van der Waals surface area contributed by atoms with Crippen LogP contribution >= 0.6 is 11.8 Å². The van der Waals surface area contributed by atoms with Gasteiger partial charge < -0.3 is 9.84 Å². The van der Waals surface area contributed by atoms with Crippen molar-refractivity contribution in [1.82, 2.24) is 0 Å². The number of benzene rings is 1. The molecule has 0 unspecified atom stereocenters. The zero-order chi connectivity index (χ0) is 13.9. The van der Waals surface area contributed by atoms with Crippen molar-refractivity contribution in [3.63, 3.8) is 0 Å². The number of rotatable bonds is 6. The Hall–Kier alpha value is -1.00. The van der Waals surface area contributed by atoms with Gasteiger partial charge in [-0.2, -0.15) is 0 Å². The van der Waals surface area contributed by atoms with E-state index >= 15 is 0 Å². The predicted molar refractivity (Wildman–Crippen MR) is 76.1 cm³/mol. The zero-order valence-electron chi connectivity index (χ0n) is 11.4. The molecule has 1 aromatic carbocycles. The Labute approximate surface area is 118 Å². The van der Waals surface area contributed by atoms with Gasteiger partial charge in [-0.1, -0.05) is 18.2 Å². The first-order valence-corrected chi connectivity index (χ1v) is 7.51. The Morgan fingerprint density at radius 2 is 2.16 bits per heavy atom. The summed E-state index contributed by atoms with van der Waals surface area (Å²) in [7, 11) is 1.44. The van der Waals surface area contributed by atoms with Crippen molar-refractivity contribution < 1.29 is 14.6 Å². The van der Waals surface area contributed by atoms with Gasteiger partial charge in [0.1, 0.15) is 0 Å². The van der Waals surface area contributed by atoms with Gasteiger partial charge in [-0.05, 0) is 36.8 Å². The van der Waals surface area contributed by atoms with Crippen LogP contribution in [0.3, 0.4) is 0 Å². The molecule has 0 saturated heterocycles. The van der Waals surface area contributed by atoms with E-state index in [1.807, 2.05) is 24.3 Å². The molecule has 104 valence electrons. The second kappa shape index (κ2) is 5.97. The van der Waals surface area contributed by atoms with Crippen LogP contribution in [0.15, 0.2) is 29.2 Å². The Morgan fingerprint density at radius 1 is 1.47 bits per heavy atom. The number of thioether (sulfide) groups is 1. The van der Waals surface area contributed by atoms with E-state index in [0.717, 1.165) is 29.1 Å². The summed E-state index contributed by atoms with van der Waals surface area (Å²) in [5.74, 6) is 0.785. The molecule has 0 spiro atoms. The number of methoxy groups -OCH3 is 1. The van der Waals surface area contributed by atoms with E-state index in [9.17, 15) is 9.90 Å². The Morgan fingerprint density at radius 3 is 2.74 bits per heavy atom. The highest BCUT2D eigenvalue weighted by Crippen LogP contribution is 2.52. The van der Waals surface area contributed by atoms with Crippen LogP contribution in [0.1, 0.15) is 37.9 Å². The molecule has 0 heterocycles. The lowest BCUT2D eigenvalue weighted by atomic mass is 10.1. The highest BCUT2D eigenvalue weighted by atomic mass is 32.2. The molecule has 1 saturated carbocycles. The van der Waals surface area contributed by atoms with E-state index in [-0.39, 0.29) is 11.4 Å². The molecule has 1 atom stereocenters. The average molecular weight is 280 g/mol. The molecule has 1 aliphatic rings. The molecule has 1 N–H and O–H groups in total. The number of carbonyl (C=O) groups excluding carboxylic acids is 1. The van der Waals surface area contributed by atoms with Crippen molar-refractivity contribution in [1.29, 1.82) is 0 Å². The molecule has 0 amide bonds. The monoisotopic (exact) mass is 280 g/mol. The van der Waals surface area contributed by atoms with Gasteiger partial charge >= 0.3 is 5.97 Å². The molecule has 0 radical (unpaired) electrons. The molecule has 0 aromatic heterocycles. The van der Waals surface area contributed by atoms with Gasteiger partial charge in [-0.15, -0.1) is 11.8 Å². The van der Waals surface area contributed by atoms with E-state index in [1.165, 1.54) is 7.11 Å². The Kier molecular flexibility index (Phi) is 4.53. The van der Waals surface area contributed by atoms with Crippen molar-refractivity contribution >= 4 is 17.7 Å². The first kappa shape index (κ1) is 14.4. The minimum atomic E-state index is -0.459. The van der Waals surface area contributed by atoms with Crippen LogP contribution in [-0.2, 0) is 9.53 Å². The number of hydrogen-bond donors (Lipinski definition) is 1. The van der Waals surface area contributed by atoms with Crippen LogP contribution in [0.4, 0.5) is 0 Å². The van der Waals surface area contributed by atoms with Crippen molar-refractivity contribution in [3.05, 3.63) is 29.8 Å². The third-order valence-corrected chi connectivity index (χ3v) is 5.05. The fourth-order valence-electron chi connectivity index (χ4n) is 2.12. The van der Waals surface area contributed by atoms with Crippen molar-refractivity contribution in [2.75, 3.05) is 12.9 Å². The molecule has 1 aromatic rings. The van der Waals surface area contributed by atoms with Crippen LogP contribution in [0.25, 0.3) is 0 Å². The number of carbonyl (C=O) groups is 1. The number of ether oxygens (including phenoxy) is 1. The normalized spacial score (nSPS) is 17.8. The summed E-state index contributed by atoms with van der Waals surface area (Å²) in [4.78, 5) is 12.5. The summed E-state index contributed by atoms with van der Waals surface area (Å²) in [5, 5.41) is 9.75. The molecule has 1 fully saturated rings. The van der Waals surface area contributed by atoms with Crippen LogP contribution in [0.2, 0.25) is 0 Å². The smallest absolute Gasteiger partial charge is 0.306 e. The summed E-state index contributed by atoms with van der Waals surface area (Å²) in [5.41, 5.74) is 1.07. The van der Waals surface area contributed by atoms with E-state index in [2.05, 4.69) is 0 Å². The van der Waals surface area contributed by atoms with Crippen LogP contribution in [-0.4, -0.2) is 23.9 Å². The molecule has 3 nitrogen and oxygen atoms in total. The average Bonchev–Trinajstić information content (AvgIpc) is 3.16. The number of hydrogen-bond acceptors (Lipinski definition) is 4. The number of aliphatic hydroxyl groups excluding tert-OH is 1. The Balaban J connectivity index is 1.98. The lowest BCUT2D eigenvalue weighted by Gasteiger charge is -2.16. The van der Waals surface area contributed by atoms with Crippen molar-refractivity contribution in [2.45, 2.75) is 37.2 Å². The molecular weight excluding hydrogens is 260 g/mol. The second-order valence-electron chi connectivity index (χ2n) is 5.26. The maximum absolute atomic E-state index is 11.4. The molecule has 4 heteroatoms. The van der Waals surface area contributed by atoms with Crippen LogP contribution < -0.4 is 0 Å². The highest BCUT2D eigenvalue weighted by Gasteiger charge is 2.44. The zero-order valence-corrected chi connectivity index (χ0v) is 12.2. The van der Waals surface area contributed by atoms with Gasteiger partial charge in [0.25, 0.3) is 0 Å². The van der Waals surface area contributed by atoms with Gasteiger partial charge in [-0.3, -0.25) is 4.79 Å². The topological polar surface area (TPSA) is 46.5 Å². The van der Waals surface area contributed by atoms with Crippen LogP contribution in [0, 0.1) is 5.41 Å². The SMILES string of the molecule is COC(=O)CC1(CSc2ccccc2[C@@H](C)O)CC1. The third-order valence-electron chi connectivity index (χ3n) is 3.61. The predicted octanol–water partition coefficient (Wildman–Crippen LogP) is 3.18. The summed E-state index contributed by atoms with van der Waals surface area (Å²) >= 11 is 1.73. The minimum absolute atomic E-state index is 0.115. The maximum Gasteiger partial charge on any atom is 0.306 e. The first-order chi connectivity index (χ1) is 9.06. The summed E-state index contributed by atoms with van der Waals surface area (Å²) in [6.45, 7) is 1.78. The van der Waals surface area contributed by atoms with Gasteiger partial charge in [0, 0.05) is 10.6 Å². The standard InChI is InChI=1S/C15H20O3S/c1-11(16)12-5-3-4-6-13(12)19-10-15(7-8-15)9-14(17)18-2/h3-6,11,16H,7-10H2,1-2H3/t11-/m1/s1. The molecular formula is C15H20O3S. The third kappa shape index (κ3) is 3.74. The second-order valence-corrected chi connectivity index (χ2v) is 6.27. The summed E-state index contributed by atoms with van der Waals surface area (Å²) < 4.78 is 4.75. The fraction of sp³-hybridized carbons (Fsp3) is 0.533. The molecule has 19 heavy (non-hydrogen) atoms. The summed E-state index contributed by atoms with van der Waals surface area (Å²) in [6.07, 6.45) is 2.23. The molecule has 0 aliphatic heterocycles. The molecule has 0 bridgehead atoms. The van der Waals surface area contributed by atoms with Crippen molar-refractivity contribution in [2.24, 2.45) is 5.41 Å². The lowest BCUT2D eigenvalue weighted by molar-refractivity contribution is -0.141. The first-order valence-electron chi connectivity index (χ1n) is 6.53. The van der Waals surface area contributed by atoms with Crippen LogP contribution in [0.5, 0.6) is 0 Å². The van der Waals surface area contributed by atoms with E-state index in [4.69, 9.17) is 4.74 Å². The van der Waals surface area contributed by atoms with Gasteiger partial charge in [-0.25, -0.2) is 0 Å². The molecule has 1 aliphatic carbocycles. The van der Waals surface area contributed by atoms with E-state index in [0.29, 0.717) is 6.42 Å². The number of aliphatic hydroxyl groups is 1. The van der Waals surface area contributed by atoms with Gasteiger partial charge in [0.2, 0.25) is 0 Å². The minimum Gasteiger partial charge on any atom is -0.469 e. The summed E-state index contributed by atoms with van der Waals surface area (Å²) in [6, 6.07) is 7.90. The molecule has 2 rings (SSSR count). The quantitative estimate of drug-likeness (QED) is 0.642. The maximum atomic E-state index is 11.4. The van der Waals surface area contributed by atoms with Crippen molar-refractivity contribution in [3.8, 4) is 0 Å².